The van der Waals surface area contributed by atoms with Crippen LogP contribution in [0.1, 0.15) is 18.9 Å². The first-order valence-electron chi connectivity index (χ1n) is 6.34. The Bertz CT molecular complexity index is 578. The average Bonchev–Trinajstić information content (AvgIpc) is 2.38. The van der Waals surface area contributed by atoms with Gasteiger partial charge in [-0.15, -0.1) is 12.4 Å². The van der Waals surface area contributed by atoms with E-state index in [1.165, 1.54) is 12.1 Å². The molecule has 0 heterocycles. The van der Waals surface area contributed by atoms with E-state index in [0.717, 1.165) is 19.0 Å². The van der Waals surface area contributed by atoms with Crippen molar-refractivity contribution in [1.29, 1.82) is 0 Å². The lowest BCUT2D eigenvalue weighted by atomic mass is 10.2. The van der Waals surface area contributed by atoms with Gasteiger partial charge in [0.15, 0.2) is 0 Å². The molecular formula is C12H20ClN3O4S. The average molecular weight is 338 g/mol. The summed E-state index contributed by atoms with van der Waals surface area (Å²) in [7, 11) is -3.71. The van der Waals surface area contributed by atoms with Crippen LogP contribution in [0, 0.1) is 17.0 Å². The first-order valence-corrected chi connectivity index (χ1v) is 7.82. The summed E-state index contributed by atoms with van der Waals surface area (Å²) < 4.78 is 26.4. The van der Waals surface area contributed by atoms with Gasteiger partial charge < -0.3 is 5.32 Å². The van der Waals surface area contributed by atoms with Crippen molar-refractivity contribution in [2.24, 2.45) is 0 Å². The van der Waals surface area contributed by atoms with Crippen LogP contribution in [0.3, 0.4) is 0 Å². The van der Waals surface area contributed by atoms with Gasteiger partial charge in [0.2, 0.25) is 10.0 Å². The third-order valence-electron chi connectivity index (χ3n) is 2.71. The highest BCUT2D eigenvalue weighted by Crippen LogP contribution is 2.21. The summed E-state index contributed by atoms with van der Waals surface area (Å²) in [5, 5.41) is 13.9. The fourth-order valence-electron chi connectivity index (χ4n) is 1.61. The molecule has 0 saturated heterocycles. The second kappa shape index (κ2) is 8.93. The second-order valence-electron chi connectivity index (χ2n) is 4.35. The largest absolute Gasteiger partial charge is 0.315 e. The number of nitro groups is 1. The van der Waals surface area contributed by atoms with E-state index < -0.39 is 14.9 Å². The Labute approximate surface area is 130 Å². The van der Waals surface area contributed by atoms with Gasteiger partial charge in [-0.3, -0.25) is 10.1 Å². The molecule has 21 heavy (non-hydrogen) atoms. The van der Waals surface area contributed by atoms with E-state index in [2.05, 4.69) is 10.0 Å². The highest BCUT2D eigenvalue weighted by Gasteiger charge is 2.19. The van der Waals surface area contributed by atoms with Crippen LogP contribution in [0.15, 0.2) is 23.1 Å². The van der Waals surface area contributed by atoms with Crippen LogP contribution in [0.5, 0.6) is 0 Å². The molecule has 0 unspecified atom stereocenters. The zero-order valence-electron chi connectivity index (χ0n) is 12.0. The smallest absolute Gasteiger partial charge is 0.273 e. The van der Waals surface area contributed by atoms with E-state index in [-0.39, 0.29) is 29.5 Å². The Morgan fingerprint density at radius 2 is 1.90 bits per heavy atom. The van der Waals surface area contributed by atoms with E-state index in [9.17, 15) is 18.5 Å². The summed E-state index contributed by atoms with van der Waals surface area (Å²) in [5.74, 6) is 0. The Kier molecular flexibility index (Phi) is 8.41. The summed E-state index contributed by atoms with van der Waals surface area (Å²) in [6, 6.07) is 3.88. The van der Waals surface area contributed by atoms with Gasteiger partial charge in [0, 0.05) is 24.7 Å². The molecule has 0 spiro atoms. The molecule has 120 valence electrons. The number of hydrogen-bond donors (Lipinski definition) is 2. The number of halogens is 1. The van der Waals surface area contributed by atoms with Crippen LogP contribution in [0.4, 0.5) is 5.69 Å². The lowest BCUT2D eigenvalue weighted by molar-refractivity contribution is -0.385. The van der Waals surface area contributed by atoms with Gasteiger partial charge in [0.25, 0.3) is 5.69 Å². The van der Waals surface area contributed by atoms with Gasteiger partial charge in [0.1, 0.15) is 0 Å². The lowest BCUT2D eigenvalue weighted by Crippen LogP contribution is -2.32. The molecule has 1 aromatic rings. The van der Waals surface area contributed by atoms with Gasteiger partial charge in [-0.1, -0.05) is 13.0 Å². The van der Waals surface area contributed by atoms with E-state index in [1.54, 1.807) is 6.92 Å². The molecule has 1 rings (SSSR count). The zero-order valence-corrected chi connectivity index (χ0v) is 13.6. The van der Waals surface area contributed by atoms with Crippen LogP contribution >= 0.6 is 12.4 Å². The maximum atomic E-state index is 12.0. The highest BCUT2D eigenvalue weighted by molar-refractivity contribution is 7.89. The van der Waals surface area contributed by atoms with Crippen molar-refractivity contribution in [2.45, 2.75) is 25.2 Å². The number of sulfonamides is 1. The van der Waals surface area contributed by atoms with Crippen molar-refractivity contribution in [3.05, 3.63) is 33.9 Å². The minimum absolute atomic E-state index is 0. The number of aryl methyl sites for hydroxylation is 1. The van der Waals surface area contributed by atoms with Crippen LogP contribution < -0.4 is 10.0 Å². The maximum Gasteiger partial charge on any atom is 0.273 e. The van der Waals surface area contributed by atoms with E-state index in [1.807, 2.05) is 6.92 Å². The quantitative estimate of drug-likeness (QED) is 0.426. The van der Waals surface area contributed by atoms with Gasteiger partial charge in [-0.25, -0.2) is 13.1 Å². The molecule has 2 N–H and O–H groups in total. The maximum absolute atomic E-state index is 12.0. The fourth-order valence-corrected chi connectivity index (χ4v) is 2.66. The molecule has 0 saturated carbocycles. The van der Waals surface area contributed by atoms with Crippen molar-refractivity contribution >= 4 is 28.1 Å². The van der Waals surface area contributed by atoms with E-state index >= 15 is 0 Å². The first kappa shape index (κ1) is 19.8. The SMILES string of the molecule is CCCNCCNS(=O)(=O)c1ccc(C)c([N+](=O)[O-])c1.Cl. The summed E-state index contributed by atoms with van der Waals surface area (Å²) in [4.78, 5) is 10.1. The molecule has 0 atom stereocenters. The van der Waals surface area contributed by atoms with Gasteiger partial charge in [-0.2, -0.15) is 0 Å². The summed E-state index contributed by atoms with van der Waals surface area (Å²) in [5.41, 5.74) is 0.232. The van der Waals surface area contributed by atoms with Gasteiger partial charge in [-0.05, 0) is 26.0 Å². The normalized spacial score (nSPS) is 11.0. The molecule has 0 bridgehead atoms. The topological polar surface area (TPSA) is 101 Å². The molecule has 1 aromatic carbocycles. The Hall–Kier alpha value is -1.22. The van der Waals surface area contributed by atoms with Crippen LogP contribution in [-0.2, 0) is 10.0 Å². The number of nitrogens with one attached hydrogen (secondary N) is 2. The Balaban J connectivity index is 0.00000400. The Morgan fingerprint density at radius 1 is 1.24 bits per heavy atom. The van der Waals surface area contributed by atoms with Crippen molar-refractivity contribution < 1.29 is 13.3 Å². The molecule has 7 nitrogen and oxygen atoms in total. The molecule has 0 aliphatic heterocycles. The van der Waals surface area contributed by atoms with Crippen molar-refractivity contribution in [2.75, 3.05) is 19.6 Å². The molecule has 0 aromatic heterocycles. The van der Waals surface area contributed by atoms with E-state index in [0.29, 0.717) is 12.1 Å². The third-order valence-corrected chi connectivity index (χ3v) is 4.17. The number of rotatable bonds is 8. The number of benzene rings is 1. The molecule has 0 radical (unpaired) electrons. The Morgan fingerprint density at radius 3 is 2.48 bits per heavy atom. The summed E-state index contributed by atoms with van der Waals surface area (Å²) in [6.45, 7) is 5.15. The minimum atomic E-state index is -3.71. The molecule has 0 aliphatic rings. The summed E-state index contributed by atoms with van der Waals surface area (Å²) in [6.07, 6.45) is 0.969. The standard InChI is InChI=1S/C12H19N3O4S.ClH/c1-3-6-13-7-8-14-20(18,19)11-5-4-10(2)12(9-11)15(16)17;/h4-5,9,13-14H,3,6-8H2,1-2H3;1H. The second-order valence-corrected chi connectivity index (χ2v) is 6.12. The van der Waals surface area contributed by atoms with Gasteiger partial charge >= 0.3 is 0 Å². The first-order chi connectivity index (χ1) is 9.38. The number of hydrogen-bond acceptors (Lipinski definition) is 5. The monoisotopic (exact) mass is 337 g/mol. The van der Waals surface area contributed by atoms with Crippen molar-refractivity contribution in [3.63, 3.8) is 0 Å². The zero-order chi connectivity index (χ0) is 15.2. The molecule has 0 aliphatic carbocycles. The van der Waals surface area contributed by atoms with Gasteiger partial charge in [0.05, 0.1) is 9.82 Å². The molecule has 0 amide bonds. The lowest BCUT2D eigenvalue weighted by Gasteiger charge is -2.08. The fraction of sp³-hybridized carbons (Fsp3) is 0.500. The molecule has 0 fully saturated rings. The number of nitro benzene ring substituents is 1. The molecular weight excluding hydrogens is 318 g/mol. The molecule has 9 heteroatoms. The van der Waals surface area contributed by atoms with Crippen molar-refractivity contribution in [3.8, 4) is 0 Å². The summed E-state index contributed by atoms with van der Waals surface area (Å²) >= 11 is 0. The van der Waals surface area contributed by atoms with Crippen LogP contribution in [0.25, 0.3) is 0 Å². The predicted octanol–water partition coefficient (Wildman–Crippen LogP) is 1.60. The van der Waals surface area contributed by atoms with Crippen LogP contribution in [0.2, 0.25) is 0 Å². The highest BCUT2D eigenvalue weighted by atomic mass is 35.5. The van der Waals surface area contributed by atoms with Crippen LogP contribution in [-0.4, -0.2) is 33.0 Å². The predicted molar refractivity (Wildman–Crippen MR) is 83.4 cm³/mol. The third kappa shape index (κ3) is 5.96. The number of nitrogens with zero attached hydrogens (tertiary/aromatic N) is 1. The van der Waals surface area contributed by atoms with E-state index in [4.69, 9.17) is 0 Å². The minimum Gasteiger partial charge on any atom is -0.315 e. The van der Waals surface area contributed by atoms with Crippen molar-refractivity contribution in [1.82, 2.24) is 10.0 Å².